The first-order valence-corrected chi connectivity index (χ1v) is 6.78. The van der Waals surface area contributed by atoms with E-state index >= 15 is 0 Å². The molecule has 110 valence electrons. The van der Waals surface area contributed by atoms with Crippen LogP contribution in [0, 0.1) is 10.1 Å². The number of nitrogens with zero attached hydrogens (tertiary/aromatic N) is 1. The first kappa shape index (κ1) is 15.2. The highest BCUT2D eigenvalue weighted by Gasteiger charge is 2.16. The van der Waals surface area contributed by atoms with Crippen LogP contribution in [-0.2, 0) is 0 Å². The van der Waals surface area contributed by atoms with Crippen molar-refractivity contribution in [3.63, 3.8) is 0 Å². The van der Waals surface area contributed by atoms with Crippen LogP contribution in [0.4, 0.5) is 5.69 Å². The van der Waals surface area contributed by atoms with Crippen LogP contribution in [0.15, 0.2) is 54.6 Å². The topological polar surface area (TPSA) is 75.4 Å². The maximum absolute atomic E-state index is 10.8. The molecule has 21 heavy (non-hydrogen) atoms. The maximum atomic E-state index is 10.8. The van der Waals surface area contributed by atoms with Gasteiger partial charge in [0.25, 0.3) is 5.69 Å². The van der Waals surface area contributed by atoms with Gasteiger partial charge in [0.2, 0.25) is 0 Å². The molecule has 0 saturated heterocycles. The van der Waals surface area contributed by atoms with E-state index in [1.54, 1.807) is 12.1 Å². The van der Waals surface area contributed by atoms with Crippen molar-refractivity contribution in [2.75, 3.05) is 6.61 Å². The van der Waals surface area contributed by atoms with Crippen LogP contribution in [0.25, 0.3) is 0 Å². The number of hydrogen-bond donors (Lipinski definition) is 2. The Labute approximate surface area is 123 Å². The minimum absolute atomic E-state index is 0.0384. The predicted octanol–water partition coefficient (Wildman–Crippen LogP) is 2.98. The lowest BCUT2D eigenvalue weighted by atomic mass is 10.0. The van der Waals surface area contributed by atoms with Crippen LogP contribution >= 0.6 is 0 Å². The van der Waals surface area contributed by atoms with E-state index < -0.39 is 4.92 Å². The second-order valence-corrected chi connectivity index (χ2v) is 4.89. The van der Waals surface area contributed by atoms with Crippen molar-refractivity contribution in [1.29, 1.82) is 0 Å². The van der Waals surface area contributed by atoms with Gasteiger partial charge in [-0.3, -0.25) is 10.1 Å². The molecule has 0 fully saturated rings. The van der Waals surface area contributed by atoms with Crippen LogP contribution in [-0.4, -0.2) is 16.6 Å². The van der Waals surface area contributed by atoms with Gasteiger partial charge >= 0.3 is 0 Å². The first-order valence-electron chi connectivity index (χ1n) is 6.78. The molecule has 0 spiro atoms. The number of aliphatic hydroxyl groups excluding tert-OH is 1. The van der Waals surface area contributed by atoms with E-state index in [0.717, 1.165) is 11.1 Å². The summed E-state index contributed by atoms with van der Waals surface area (Å²) in [4.78, 5) is 10.4. The van der Waals surface area contributed by atoms with Crippen LogP contribution in [0.5, 0.6) is 0 Å². The zero-order valence-electron chi connectivity index (χ0n) is 11.8. The van der Waals surface area contributed by atoms with Crippen LogP contribution < -0.4 is 5.32 Å². The number of aliphatic hydroxyl groups is 1. The third kappa shape index (κ3) is 3.87. The second-order valence-electron chi connectivity index (χ2n) is 4.89. The molecular formula is C16H18N2O3. The second kappa shape index (κ2) is 6.97. The highest BCUT2D eigenvalue weighted by atomic mass is 16.6. The normalized spacial score (nSPS) is 13.6. The van der Waals surface area contributed by atoms with Crippen LogP contribution in [0.3, 0.4) is 0 Å². The Hall–Kier alpha value is -2.24. The molecule has 0 aliphatic heterocycles. The van der Waals surface area contributed by atoms with Crippen LogP contribution in [0.2, 0.25) is 0 Å². The van der Waals surface area contributed by atoms with E-state index in [1.165, 1.54) is 6.07 Å². The molecule has 2 unspecified atom stereocenters. The van der Waals surface area contributed by atoms with Gasteiger partial charge in [-0.15, -0.1) is 0 Å². The molecule has 5 nitrogen and oxygen atoms in total. The zero-order chi connectivity index (χ0) is 15.2. The Morgan fingerprint density at radius 1 is 1.14 bits per heavy atom. The lowest BCUT2D eigenvalue weighted by Gasteiger charge is -2.22. The number of non-ortho nitro benzene ring substituents is 1. The molecule has 0 heterocycles. The summed E-state index contributed by atoms with van der Waals surface area (Å²) >= 11 is 0. The molecule has 0 saturated carbocycles. The van der Waals surface area contributed by atoms with E-state index in [1.807, 2.05) is 43.3 Å². The van der Waals surface area contributed by atoms with Gasteiger partial charge in [0.15, 0.2) is 0 Å². The molecule has 2 rings (SSSR count). The smallest absolute Gasteiger partial charge is 0.269 e. The van der Waals surface area contributed by atoms with E-state index in [9.17, 15) is 15.2 Å². The Morgan fingerprint density at radius 3 is 2.43 bits per heavy atom. The Bertz CT molecular complexity index is 601. The fraction of sp³-hybridized carbons (Fsp3) is 0.250. The predicted molar refractivity (Wildman–Crippen MR) is 80.9 cm³/mol. The molecule has 2 aromatic rings. The summed E-state index contributed by atoms with van der Waals surface area (Å²) < 4.78 is 0. The minimum atomic E-state index is -0.406. The number of nitrogens with one attached hydrogen (secondary N) is 1. The summed E-state index contributed by atoms with van der Waals surface area (Å²) in [6.07, 6.45) is 0. The van der Waals surface area contributed by atoms with Gasteiger partial charge in [-0.05, 0) is 18.1 Å². The Balaban J connectivity index is 2.14. The van der Waals surface area contributed by atoms with Crippen molar-refractivity contribution >= 4 is 5.69 Å². The lowest BCUT2D eigenvalue weighted by Crippen LogP contribution is -2.27. The standard InChI is InChI=1S/C16H18N2O3/c1-12(14-8-5-9-15(10-14)18(20)21)17-16(11-19)13-6-3-2-4-7-13/h2-10,12,16-17,19H,11H2,1H3. The van der Waals surface area contributed by atoms with Crippen LogP contribution in [0.1, 0.15) is 30.1 Å². The van der Waals surface area contributed by atoms with Crippen molar-refractivity contribution in [3.05, 3.63) is 75.8 Å². The number of benzene rings is 2. The number of nitro groups is 1. The highest BCUT2D eigenvalue weighted by Crippen LogP contribution is 2.22. The summed E-state index contributed by atoms with van der Waals surface area (Å²) in [7, 11) is 0. The van der Waals surface area contributed by atoms with Gasteiger partial charge in [-0.25, -0.2) is 0 Å². The van der Waals surface area contributed by atoms with E-state index in [2.05, 4.69) is 5.32 Å². The number of nitro benzene ring substituents is 1. The van der Waals surface area contributed by atoms with Crippen molar-refractivity contribution in [2.24, 2.45) is 0 Å². The summed E-state index contributed by atoms with van der Waals surface area (Å²) in [6, 6.07) is 15.8. The molecule has 2 N–H and O–H groups in total. The third-order valence-electron chi connectivity index (χ3n) is 3.42. The Morgan fingerprint density at radius 2 is 1.81 bits per heavy atom. The summed E-state index contributed by atoms with van der Waals surface area (Å²) in [5.41, 5.74) is 1.87. The highest BCUT2D eigenvalue weighted by molar-refractivity contribution is 5.35. The summed E-state index contributed by atoms with van der Waals surface area (Å²) in [5, 5.41) is 23.7. The molecule has 0 amide bonds. The van der Waals surface area contributed by atoms with Crippen molar-refractivity contribution in [3.8, 4) is 0 Å². The lowest BCUT2D eigenvalue weighted by molar-refractivity contribution is -0.384. The van der Waals surface area contributed by atoms with Crippen molar-refractivity contribution in [1.82, 2.24) is 5.32 Å². The molecular weight excluding hydrogens is 268 g/mol. The fourth-order valence-electron chi connectivity index (χ4n) is 2.25. The monoisotopic (exact) mass is 286 g/mol. The molecule has 5 heteroatoms. The molecule has 0 aliphatic rings. The zero-order valence-corrected chi connectivity index (χ0v) is 11.8. The molecule has 0 aliphatic carbocycles. The van der Waals surface area contributed by atoms with Gasteiger partial charge in [0.05, 0.1) is 17.6 Å². The summed E-state index contributed by atoms with van der Waals surface area (Å²) in [5.74, 6) is 0. The van der Waals surface area contributed by atoms with Crippen molar-refractivity contribution in [2.45, 2.75) is 19.0 Å². The molecule has 2 atom stereocenters. The largest absolute Gasteiger partial charge is 0.394 e. The molecule has 0 bridgehead atoms. The average molecular weight is 286 g/mol. The SMILES string of the molecule is CC(NC(CO)c1ccccc1)c1cccc([N+](=O)[O-])c1. The maximum Gasteiger partial charge on any atom is 0.269 e. The Kier molecular flexibility index (Phi) is 5.03. The molecule has 0 aromatic heterocycles. The van der Waals surface area contributed by atoms with E-state index in [4.69, 9.17) is 0 Å². The summed E-state index contributed by atoms with van der Waals surface area (Å²) in [6.45, 7) is 1.88. The number of rotatable bonds is 6. The van der Waals surface area contributed by atoms with E-state index in [0.29, 0.717) is 0 Å². The first-order chi connectivity index (χ1) is 10.1. The van der Waals surface area contributed by atoms with Gasteiger partial charge in [0, 0.05) is 18.2 Å². The third-order valence-corrected chi connectivity index (χ3v) is 3.42. The molecule has 2 aromatic carbocycles. The van der Waals surface area contributed by atoms with Gasteiger partial charge in [-0.2, -0.15) is 0 Å². The van der Waals surface area contributed by atoms with Gasteiger partial charge < -0.3 is 10.4 Å². The van der Waals surface area contributed by atoms with E-state index in [-0.39, 0.29) is 24.4 Å². The van der Waals surface area contributed by atoms with Gasteiger partial charge in [-0.1, -0.05) is 42.5 Å². The quantitative estimate of drug-likeness (QED) is 0.632. The molecule has 0 radical (unpaired) electrons. The van der Waals surface area contributed by atoms with Gasteiger partial charge in [0.1, 0.15) is 0 Å². The minimum Gasteiger partial charge on any atom is -0.394 e. The van der Waals surface area contributed by atoms with Crippen molar-refractivity contribution < 1.29 is 10.0 Å². The number of hydrogen-bond acceptors (Lipinski definition) is 4. The average Bonchev–Trinajstić information content (AvgIpc) is 2.53. The fourth-order valence-corrected chi connectivity index (χ4v) is 2.25.